The second-order valence-electron chi connectivity index (χ2n) is 8.84. The minimum atomic E-state index is -0.255. The molecule has 0 spiro atoms. The lowest BCUT2D eigenvalue weighted by molar-refractivity contribution is 0.102. The van der Waals surface area contributed by atoms with Crippen molar-refractivity contribution in [3.8, 4) is 0 Å². The van der Waals surface area contributed by atoms with Crippen molar-refractivity contribution in [2.24, 2.45) is 0 Å². The number of nitrogens with one attached hydrogen (secondary N) is 1. The van der Waals surface area contributed by atoms with E-state index in [-0.39, 0.29) is 17.8 Å². The van der Waals surface area contributed by atoms with Crippen LogP contribution in [0.25, 0.3) is 0 Å². The number of anilines is 2. The third kappa shape index (κ3) is 5.32. The van der Waals surface area contributed by atoms with Crippen LogP contribution in [0.1, 0.15) is 39.3 Å². The Morgan fingerprint density at radius 3 is 2.39 bits per heavy atom. The second kappa shape index (κ2) is 11.0. The standard InChI is InChI=1S/C29H29FN4OS/c1-2-24-20-25(29(36-24)32-28(35)22-8-4-3-5-9-22)27(21-11-13-23(30)14-12-21)34-18-16-33(17-19-34)26-10-6-7-15-31-26/h3-15,20,27H,2,16-19H2,1H3,(H,32,35)/t27-/m1/s1. The van der Waals surface area contributed by atoms with Gasteiger partial charge in [-0.3, -0.25) is 9.69 Å². The molecule has 1 N–H and O–H groups in total. The normalized spacial score (nSPS) is 15.0. The number of hydrogen-bond donors (Lipinski definition) is 1. The smallest absolute Gasteiger partial charge is 0.256 e. The largest absolute Gasteiger partial charge is 0.354 e. The summed E-state index contributed by atoms with van der Waals surface area (Å²) < 4.78 is 13.8. The van der Waals surface area contributed by atoms with E-state index in [0.29, 0.717) is 5.56 Å². The molecule has 36 heavy (non-hydrogen) atoms. The van der Waals surface area contributed by atoms with Gasteiger partial charge < -0.3 is 10.2 Å². The van der Waals surface area contributed by atoms with Gasteiger partial charge in [0, 0.05) is 48.4 Å². The quantitative estimate of drug-likeness (QED) is 0.338. The number of halogens is 1. The summed E-state index contributed by atoms with van der Waals surface area (Å²) in [5.74, 6) is 0.601. The van der Waals surface area contributed by atoms with Gasteiger partial charge in [0.05, 0.1) is 6.04 Å². The lowest BCUT2D eigenvalue weighted by atomic mass is 9.97. The van der Waals surface area contributed by atoms with Gasteiger partial charge in [-0.25, -0.2) is 9.37 Å². The number of rotatable bonds is 7. The van der Waals surface area contributed by atoms with Gasteiger partial charge >= 0.3 is 0 Å². The van der Waals surface area contributed by atoms with E-state index in [9.17, 15) is 9.18 Å². The van der Waals surface area contributed by atoms with Gasteiger partial charge in [-0.2, -0.15) is 0 Å². The zero-order valence-corrected chi connectivity index (χ0v) is 21.0. The number of aromatic nitrogens is 1. The maximum atomic E-state index is 13.8. The zero-order chi connectivity index (χ0) is 24.9. The topological polar surface area (TPSA) is 48.5 Å². The molecular formula is C29H29FN4OS. The molecule has 0 bridgehead atoms. The van der Waals surface area contributed by atoms with E-state index in [4.69, 9.17) is 0 Å². The van der Waals surface area contributed by atoms with Crippen molar-refractivity contribution in [2.45, 2.75) is 19.4 Å². The third-order valence-electron chi connectivity index (χ3n) is 6.56. The fraction of sp³-hybridized carbons (Fsp3) is 0.241. The van der Waals surface area contributed by atoms with Crippen molar-refractivity contribution >= 4 is 28.1 Å². The molecule has 1 saturated heterocycles. The first-order valence-electron chi connectivity index (χ1n) is 12.3. The molecule has 3 heterocycles. The highest BCUT2D eigenvalue weighted by Gasteiger charge is 2.30. The van der Waals surface area contributed by atoms with Crippen LogP contribution in [0.5, 0.6) is 0 Å². The maximum Gasteiger partial charge on any atom is 0.256 e. The highest BCUT2D eigenvalue weighted by molar-refractivity contribution is 7.16. The molecule has 1 amide bonds. The Kier molecular flexibility index (Phi) is 7.39. The molecule has 2 aromatic carbocycles. The fourth-order valence-corrected chi connectivity index (χ4v) is 5.71. The fourth-order valence-electron chi connectivity index (χ4n) is 4.68. The van der Waals surface area contributed by atoms with E-state index in [1.807, 2.05) is 66.9 Å². The van der Waals surface area contributed by atoms with Crippen LogP contribution in [0.4, 0.5) is 15.2 Å². The number of pyridine rings is 1. The lowest BCUT2D eigenvalue weighted by Crippen LogP contribution is -2.48. The maximum absolute atomic E-state index is 13.8. The summed E-state index contributed by atoms with van der Waals surface area (Å²) in [6, 6.07) is 24.1. The van der Waals surface area contributed by atoms with Crippen LogP contribution in [0.15, 0.2) is 85.1 Å². The molecule has 1 atom stereocenters. The molecular weight excluding hydrogens is 471 g/mol. The first-order chi connectivity index (χ1) is 17.6. The molecule has 1 fully saturated rings. The molecule has 5 nitrogen and oxygen atoms in total. The molecule has 184 valence electrons. The van der Waals surface area contributed by atoms with Crippen LogP contribution >= 0.6 is 11.3 Å². The molecule has 7 heteroatoms. The number of aryl methyl sites for hydroxylation is 1. The molecule has 0 unspecified atom stereocenters. The molecule has 2 aromatic heterocycles. The molecule has 5 rings (SSSR count). The first-order valence-corrected chi connectivity index (χ1v) is 13.1. The van der Waals surface area contributed by atoms with Crippen molar-refractivity contribution < 1.29 is 9.18 Å². The number of carbonyl (C=O) groups is 1. The number of piperazine rings is 1. The van der Waals surface area contributed by atoms with Gasteiger partial charge in [0.2, 0.25) is 0 Å². The number of hydrogen-bond acceptors (Lipinski definition) is 5. The first kappa shape index (κ1) is 24.2. The summed E-state index contributed by atoms with van der Waals surface area (Å²) in [7, 11) is 0. The van der Waals surface area contributed by atoms with Crippen molar-refractivity contribution in [3.05, 3.63) is 112 Å². The average molecular weight is 501 g/mol. The van der Waals surface area contributed by atoms with Crippen LogP contribution in [-0.4, -0.2) is 42.0 Å². The number of carbonyl (C=O) groups excluding carboxylic acids is 1. The average Bonchev–Trinajstić information content (AvgIpc) is 3.33. The SMILES string of the molecule is CCc1cc([C@@H](c2ccc(F)cc2)N2CCN(c3ccccn3)CC2)c(NC(=O)c2ccccc2)s1. The molecule has 0 saturated carbocycles. The minimum Gasteiger partial charge on any atom is -0.354 e. The van der Waals surface area contributed by atoms with Gasteiger partial charge in [0.25, 0.3) is 5.91 Å². The summed E-state index contributed by atoms with van der Waals surface area (Å²) in [6.07, 6.45) is 2.70. The van der Waals surface area contributed by atoms with Gasteiger partial charge in [0.1, 0.15) is 16.6 Å². The van der Waals surface area contributed by atoms with E-state index in [1.165, 1.54) is 17.0 Å². The van der Waals surface area contributed by atoms with Crippen molar-refractivity contribution in [1.29, 1.82) is 0 Å². The van der Waals surface area contributed by atoms with Crippen LogP contribution in [0.3, 0.4) is 0 Å². The predicted molar refractivity (Wildman–Crippen MR) is 144 cm³/mol. The van der Waals surface area contributed by atoms with Crippen molar-refractivity contribution in [1.82, 2.24) is 9.88 Å². The van der Waals surface area contributed by atoms with Crippen LogP contribution in [0, 0.1) is 5.82 Å². The van der Waals surface area contributed by atoms with E-state index in [1.54, 1.807) is 11.3 Å². The van der Waals surface area contributed by atoms with Crippen LogP contribution < -0.4 is 10.2 Å². The Hall–Kier alpha value is -3.55. The predicted octanol–water partition coefficient (Wildman–Crippen LogP) is 6.01. The summed E-state index contributed by atoms with van der Waals surface area (Å²) >= 11 is 1.62. The van der Waals surface area contributed by atoms with Crippen LogP contribution in [-0.2, 0) is 6.42 Å². The molecule has 0 aliphatic carbocycles. The molecule has 1 aliphatic rings. The van der Waals surface area contributed by atoms with Gasteiger partial charge in [-0.05, 0) is 54.4 Å². The van der Waals surface area contributed by atoms with E-state index in [0.717, 1.165) is 54.5 Å². The van der Waals surface area contributed by atoms with Gasteiger partial charge in [-0.15, -0.1) is 11.3 Å². The number of amides is 1. The monoisotopic (exact) mass is 500 g/mol. The molecule has 0 radical (unpaired) electrons. The minimum absolute atomic E-state index is 0.0981. The van der Waals surface area contributed by atoms with Crippen molar-refractivity contribution in [3.63, 3.8) is 0 Å². The Balaban J connectivity index is 1.47. The summed E-state index contributed by atoms with van der Waals surface area (Å²) in [5.41, 5.74) is 2.69. The van der Waals surface area contributed by atoms with Gasteiger partial charge in [0.15, 0.2) is 0 Å². The Morgan fingerprint density at radius 2 is 1.72 bits per heavy atom. The molecule has 4 aromatic rings. The summed E-state index contributed by atoms with van der Waals surface area (Å²) in [4.78, 5) is 23.5. The highest BCUT2D eigenvalue weighted by atomic mass is 32.1. The number of thiophene rings is 1. The van der Waals surface area contributed by atoms with Crippen LogP contribution in [0.2, 0.25) is 0 Å². The van der Waals surface area contributed by atoms with Crippen molar-refractivity contribution in [2.75, 3.05) is 36.4 Å². The van der Waals surface area contributed by atoms with Gasteiger partial charge in [-0.1, -0.05) is 43.3 Å². The zero-order valence-electron chi connectivity index (χ0n) is 20.2. The highest BCUT2D eigenvalue weighted by Crippen LogP contribution is 2.40. The third-order valence-corrected chi connectivity index (χ3v) is 7.77. The molecule has 1 aliphatic heterocycles. The Labute approximate surface area is 215 Å². The Morgan fingerprint density at radius 1 is 1.00 bits per heavy atom. The number of benzene rings is 2. The number of nitrogens with zero attached hydrogens (tertiary/aromatic N) is 3. The van der Waals surface area contributed by atoms with E-state index >= 15 is 0 Å². The second-order valence-corrected chi connectivity index (χ2v) is 9.97. The van der Waals surface area contributed by atoms with E-state index < -0.39 is 0 Å². The Bertz CT molecular complexity index is 1290. The lowest BCUT2D eigenvalue weighted by Gasteiger charge is -2.40. The summed E-state index contributed by atoms with van der Waals surface area (Å²) in [6.45, 7) is 5.44. The summed E-state index contributed by atoms with van der Waals surface area (Å²) in [5, 5.41) is 4.02. The van der Waals surface area contributed by atoms with E-state index in [2.05, 4.69) is 33.1 Å².